The lowest BCUT2D eigenvalue weighted by molar-refractivity contribution is 0.429. The molecular formula is C16H23N3S2. The molecule has 1 unspecified atom stereocenters. The van der Waals surface area contributed by atoms with Crippen LogP contribution in [0.25, 0.3) is 0 Å². The van der Waals surface area contributed by atoms with Crippen molar-refractivity contribution >= 4 is 22.7 Å². The Kier molecular flexibility index (Phi) is 4.43. The van der Waals surface area contributed by atoms with Gasteiger partial charge in [0, 0.05) is 29.3 Å². The monoisotopic (exact) mass is 321 g/mol. The van der Waals surface area contributed by atoms with Crippen molar-refractivity contribution in [2.75, 3.05) is 6.54 Å². The lowest BCUT2D eigenvalue weighted by Crippen LogP contribution is -2.37. The fourth-order valence-corrected chi connectivity index (χ4v) is 4.78. The van der Waals surface area contributed by atoms with Crippen LogP contribution in [-0.2, 0) is 12.8 Å². The molecule has 0 bridgehead atoms. The molecule has 1 aliphatic carbocycles. The van der Waals surface area contributed by atoms with E-state index in [9.17, 15) is 0 Å². The van der Waals surface area contributed by atoms with Gasteiger partial charge < -0.3 is 5.32 Å². The maximum Gasteiger partial charge on any atom is 0.124 e. The third-order valence-corrected chi connectivity index (χ3v) is 5.92. The van der Waals surface area contributed by atoms with Crippen molar-refractivity contribution < 1.29 is 0 Å². The second kappa shape index (κ2) is 6.15. The lowest BCUT2D eigenvalue weighted by Gasteiger charge is -2.20. The van der Waals surface area contributed by atoms with Gasteiger partial charge in [-0.3, -0.25) is 0 Å². The van der Waals surface area contributed by atoms with Crippen LogP contribution in [0.5, 0.6) is 0 Å². The molecule has 2 heterocycles. The van der Waals surface area contributed by atoms with Gasteiger partial charge in [0.15, 0.2) is 0 Å². The smallest absolute Gasteiger partial charge is 0.124 e. The highest BCUT2D eigenvalue weighted by atomic mass is 32.1. The number of hydrogen-bond acceptors (Lipinski definition) is 5. The van der Waals surface area contributed by atoms with Crippen LogP contribution in [0.3, 0.4) is 0 Å². The Bertz CT molecular complexity index is 595. The largest absolute Gasteiger partial charge is 0.312 e. The van der Waals surface area contributed by atoms with E-state index in [1.54, 1.807) is 16.2 Å². The van der Waals surface area contributed by atoms with Gasteiger partial charge in [-0.15, -0.1) is 32.9 Å². The predicted molar refractivity (Wildman–Crippen MR) is 90.5 cm³/mol. The van der Waals surface area contributed by atoms with Gasteiger partial charge in [0.1, 0.15) is 10.0 Å². The molecular weight excluding hydrogens is 298 g/mol. The molecule has 3 nitrogen and oxygen atoms in total. The van der Waals surface area contributed by atoms with Crippen LogP contribution >= 0.6 is 22.7 Å². The van der Waals surface area contributed by atoms with Gasteiger partial charge in [0.25, 0.3) is 0 Å². The van der Waals surface area contributed by atoms with E-state index in [0.717, 1.165) is 18.0 Å². The summed E-state index contributed by atoms with van der Waals surface area (Å²) in [7, 11) is 0. The summed E-state index contributed by atoms with van der Waals surface area (Å²) in [6.07, 6.45) is 4.71. The molecule has 114 valence electrons. The second-order valence-electron chi connectivity index (χ2n) is 6.70. The summed E-state index contributed by atoms with van der Waals surface area (Å²) >= 11 is 3.69. The van der Waals surface area contributed by atoms with Gasteiger partial charge in [0.05, 0.1) is 0 Å². The quantitative estimate of drug-likeness (QED) is 0.925. The van der Waals surface area contributed by atoms with Crippen molar-refractivity contribution in [3.8, 4) is 0 Å². The number of aromatic nitrogens is 2. The molecule has 21 heavy (non-hydrogen) atoms. The van der Waals surface area contributed by atoms with Gasteiger partial charge in [0.2, 0.25) is 0 Å². The highest BCUT2D eigenvalue weighted by Gasteiger charge is 2.25. The van der Waals surface area contributed by atoms with Crippen LogP contribution < -0.4 is 5.32 Å². The van der Waals surface area contributed by atoms with Gasteiger partial charge in [-0.2, -0.15) is 0 Å². The molecule has 5 heteroatoms. The Morgan fingerprint density at radius 1 is 1.33 bits per heavy atom. The molecule has 2 aromatic heterocycles. The summed E-state index contributed by atoms with van der Waals surface area (Å²) in [5, 5.41) is 17.0. The Labute approximate surface area is 134 Å². The zero-order chi connectivity index (χ0) is 14.9. The van der Waals surface area contributed by atoms with E-state index in [0.29, 0.717) is 5.92 Å². The topological polar surface area (TPSA) is 37.8 Å². The van der Waals surface area contributed by atoms with Crippen LogP contribution in [0.1, 0.15) is 60.0 Å². The molecule has 1 N–H and O–H groups in total. The summed E-state index contributed by atoms with van der Waals surface area (Å²) < 4.78 is 0. The molecule has 0 spiro atoms. The molecule has 1 aliphatic rings. The van der Waals surface area contributed by atoms with Crippen molar-refractivity contribution in [1.82, 2.24) is 15.5 Å². The van der Waals surface area contributed by atoms with Crippen molar-refractivity contribution in [3.63, 3.8) is 0 Å². The molecule has 0 fully saturated rings. The number of aryl methyl sites for hydroxylation is 1. The van der Waals surface area contributed by atoms with E-state index in [1.165, 1.54) is 29.8 Å². The van der Waals surface area contributed by atoms with Crippen molar-refractivity contribution in [3.05, 3.63) is 31.9 Å². The Balaban J connectivity index is 1.66. The summed E-state index contributed by atoms with van der Waals surface area (Å²) in [6.45, 7) is 7.54. The van der Waals surface area contributed by atoms with Crippen LogP contribution in [-0.4, -0.2) is 22.3 Å². The van der Waals surface area contributed by atoms with Gasteiger partial charge >= 0.3 is 0 Å². The van der Waals surface area contributed by atoms with E-state index in [2.05, 4.69) is 47.7 Å². The van der Waals surface area contributed by atoms with Crippen LogP contribution in [0, 0.1) is 0 Å². The first-order valence-corrected chi connectivity index (χ1v) is 9.36. The summed E-state index contributed by atoms with van der Waals surface area (Å²) in [4.78, 5) is 1.55. The van der Waals surface area contributed by atoms with Crippen LogP contribution in [0.4, 0.5) is 0 Å². The van der Waals surface area contributed by atoms with Gasteiger partial charge in [-0.1, -0.05) is 0 Å². The molecule has 0 saturated carbocycles. The molecule has 0 amide bonds. The fourth-order valence-electron chi connectivity index (χ4n) is 2.80. The minimum Gasteiger partial charge on any atom is -0.312 e. The molecule has 3 rings (SSSR count). The Morgan fingerprint density at radius 2 is 2.19 bits per heavy atom. The number of nitrogens with one attached hydrogen (secondary N) is 1. The summed E-state index contributed by atoms with van der Waals surface area (Å²) in [5.74, 6) is 0.488. The average molecular weight is 322 g/mol. The zero-order valence-electron chi connectivity index (χ0n) is 13.0. The molecule has 0 aromatic carbocycles. The number of hydrogen-bond donors (Lipinski definition) is 1. The highest BCUT2D eigenvalue weighted by molar-refractivity contribution is 7.11. The van der Waals surface area contributed by atoms with E-state index in [-0.39, 0.29) is 5.54 Å². The molecule has 2 aromatic rings. The average Bonchev–Trinajstić information content (AvgIpc) is 3.04. The number of fused-ring (bicyclic) bond motifs is 1. The number of nitrogens with zero attached hydrogens (tertiary/aromatic N) is 2. The summed E-state index contributed by atoms with van der Waals surface area (Å²) in [6, 6.07) is 2.28. The maximum atomic E-state index is 4.48. The first-order chi connectivity index (χ1) is 10.0. The van der Waals surface area contributed by atoms with E-state index < -0.39 is 0 Å². The van der Waals surface area contributed by atoms with E-state index >= 15 is 0 Å². The highest BCUT2D eigenvalue weighted by Crippen LogP contribution is 2.40. The first-order valence-electron chi connectivity index (χ1n) is 7.66. The number of rotatable bonds is 4. The molecule has 0 radical (unpaired) electrons. The SMILES string of the molecule is CC(C)(C)NCCc1nnc(C2CCCc3sccc32)s1. The Hall–Kier alpha value is -0.780. The molecule has 0 saturated heterocycles. The number of thiophene rings is 1. The third kappa shape index (κ3) is 3.71. The molecule has 1 atom stereocenters. The van der Waals surface area contributed by atoms with Crippen molar-refractivity contribution in [2.45, 2.75) is 57.9 Å². The summed E-state index contributed by atoms with van der Waals surface area (Å²) in [5.41, 5.74) is 1.67. The van der Waals surface area contributed by atoms with E-state index in [1.807, 2.05) is 11.3 Å². The maximum absolute atomic E-state index is 4.48. The van der Waals surface area contributed by atoms with Crippen molar-refractivity contribution in [1.29, 1.82) is 0 Å². The Morgan fingerprint density at radius 3 is 3.00 bits per heavy atom. The predicted octanol–water partition coefficient (Wildman–Crippen LogP) is 4.00. The first kappa shape index (κ1) is 15.1. The minimum absolute atomic E-state index is 0.169. The van der Waals surface area contributed by atoms with E-state index in [4.69, 9.17) is 0 Å². The second-order valence-corrected chi connectivity index (χ2v) is 8.80. The fraction of sp³-hybridized carbons (Fsp3) is 0.625. The van der Waals surface area contributed by atoms with Gasteiger partial charge in [-0.25, -0.2) is 0 Å². The standard InChI is InChI=1S/C16H23N3S2/c1-16(2,3)17-9-7-14-18-19-15(21-14)12-5-4-6-13-11(12)8-10-20-13/h8,10,12,17H,4-7,9H2,1-3H3. The van der Waals surface area contributed by atoms with Crippen LogP contribution in [0.15, 0.2) is 11.4 Å². The lowest BCUT2D eigenvalue weighted by atomic mass is 9.88. The zero-order valence-corrected chi connectivity index (χ0v) is 14.6. The normalized spacial score (nSPS) is 18.7. The van der Waals surface area contributed by atoms with Crippen LogP contribution in [0.2, 0.25) is 0 Å². The molecule has 0 aliphatic heterocycles. The van der Waals surface area contributed by atoms with Gasteiger partial charge in [-0.05, 0) is 57.0 Å². The third-order valence-electron chi connectivity index (χ3n) is 3.83. The minimum atomic E-state index is 0.169. The van der Waals surface area contributed by atoms with Crippen molar-refractivity contribution in [2.24, 2.45) is 0 Å².